The molecule has 6 heteroatoms. The molecule has 2 aromatic rings. The molecule has 0 radical (unpaired) electrons. The summed E-state index contributed by atoms with van der Waals surface area (Å²) in [5.41, 5.74) is 1.53. The van der Waals surface area contributed by atoms with Crippen molar-refractivity contribution in [2.45, 2.75) is 65.7 Å². The summed E-state index contributed by atoms with van der Waals surface area (Å²) < 4.78 is 16.4. The number of alkyl carbamates (subject to hydrolysis) is 1. The first-order valence-electron chi connectivity index (χ1n) is 11.1. The normalized spacial score (nSPS) is 13.0. The Morgan fingerprint density at radius 2 is 1.62 bits per heavy atom. The van der Waals surface area contributed by atoms with Crippen molar-refractivity contribution < 1.29 is 23.8 Å². The van der Waals surface area contributed by atoms with Gasteiger partial charge >= 0.3 is 12.1 Å². The number of carbonyl (C=O) groups excluding carboxylic acids is 2. The van der Waals surface area contributed by atoms with E-state index in [1.807, 2.05) is 82.3 Å². The molecule has 6 nitrogen and oxygen atoms in total. The van der Waals surface area contributed by atoms with Crippen LogP contribution in [0.25, 0.3) is 0 Å². The first kappa shape index (κ1) is 25.2. The van der Waals surface area contributed by atoms with Gasteiger partial charge in [0.25, 0.3) is 0 Å². The molecule has 0 aromatic heterocycles. The lowest BCUT2D eigenvalue weighted by molar-refractivity contribution is -0.147. The fourth-order valence-corrected chi connectivity index (χ4v) is 3.22. The number of rotatable bonds is 10. The van der Waals surface area contributed by atoms with Crippen molar-refractivity contribution in [1.29, 1.82) is 0 Å². The molecule has 0 aliphatic carbocycles. The molecule has 0 aliphatic heterocycles. The molecule has 0 bridgehead atoms. The van der Waals surface area contributed by atoms with E-state index in [1.165, 1.54) is 0 Å². The SMILES string of the molecule is CCOC(=O)C(C)C[C@H](Cc1ccc(OCc2ccccc2)cc1)NC(=O)OC(C)(C)C. The third kappa shape index (κ3) is 9.41. The van der Waals surface area contributed by atoms with Crippen LogP contribution in [0.5, 0.6) is 5.75 Å². The summed E-state index contributed by atoms with van der Waals surface area (Å²) in [4.78, 5) is 24.4. The Bertz CT molecular complexity index is 843. The van der Waals surface area contributed by atoms with Crippen LogP contribution < -0.4 is 10.1 Å². The summed E-state index contributed by atoms with van der Waals surface area (Å²) in [5, 5.41) is 2.91. The molecular formula is C26H35NO5. The highest BCUT2D eigenvalue weighted by molar-refractivity contribution is 5.72. The number of benzene rings is 2. The molecule has 0 heterocycles. The third-order valence-electron chi connectivity index (χ3n) is 4.70. The molecule has 2 rings (SSSR count). The smallest absolute Gasteiger partial charge is 0.407 e. The molecule has 2 atom stereocenters. The lowest BCUT2D eigenvalue weighted by Crippen LogP contribution is -2.41. The van der Waals surface area contributed by atoms with Crippen LogP contribution in [0.2, 0.25) is 0 Å². The van der Waals surface area contributed by atoms with Crippen LogP contribution >= 0.6 is 0 Å². The number of esters is 1. The predicted molar refractivity (Wildman–Crippen MR) is 124 cm³/mol. The average Bonchev–Trinajstić information content (AvgIpc) is 2.72. The summed E-state index contributed by atoms with van der Waals surface area (Å²) in [5.74, 6) is 0.158. The van der Waals surface area contributed by atoms with Crippen molar-refractivity contribution in [1.82, 2.24) is 5.32 Å². The van der Waals surface area contributed by atoms with Crippen LogP contribution in [0.1, 0.15) is 52.2 Å². The summed E-state index contributed by atoms with van der Waals surface area (Å²) in [6, 6.07) is 17.5. The summed E-state index contributed by atoms with van der Waals surface area (Å²) in [7, 11) is 0. The fourth-order valence-electron chi connectivity index (χ4n) is 3.22. The molecule has 1 N–H and O–H groups in total. The van der Waals surface area contributed by atoms with Gasteiger partial charge in [0, 0.05) is 6.04 Å². The Kier molecular flexibility index (Phi) is 9.57. The van der Waals surface area contributed by atoms with Crippen molar-refractivity contribution in [3.63, 3.8) is 0 Å². The van der Waals surface area contributed by atoms with Gasteiger partial charge < -0.3 is 19.5 Å². The lowest BCUT2D eigenvalue weighted by atomic mass is 9.96. The standard InChI is InChI=1S/C26H35NO5/c1-6-30-24(28)19(2)16-22(27-25(29)32-26(3,4)5)17-20-12-14-23(15-13-20)31-18-21-10-8-7-9-11-21/h7-15,19,22H,6,16-18H2,1-5H3,(H,27,29)/t19?,22-/m1/s1. The monoisotopic (exact) mass is 441 g/mol. The number of hydrogen-bond acceptors (Lipinski definition) is 5. The van der Waals surface area contributed by atoms with Crippen molar-refractivity contribution in [2.75, 3.05) is 6.61 Å². The van der Waals surface area contributed by atoms with Crippen LogP contribution in [0.15, 0.2) is 54.6 Å². The Morgan fingerprint density at radius 1 is 0.969 bits per heavy atom. The van der Waals surface area contributed by atoms with Crippen molar-refractivity contribution in [3.8, 4) is 5.75 Å². The summed E-state index contributed by atoms with van der Waals surface area (Å²) in [6.45, 7) is 9.87. The minimum absolute atomic E-state index is 0.270. The van der Waals surface area contributed by atoms with E-state index in [4.69, 9.17) is 14.2 Å². The van der Waals surface area contributed by atoms with Gasteiger partial charge in [-0.2, -0.15) is 0 Å². The van der Waals surface area contributed by atoms with Gasteiger partial charge in [0.15, 0.2) is 0 Å². The highest BCUT2D eigenvalue weighted by Crippen LogP contribution is 2.18. The zero-order valence-corrected chi connectivity index (χ0v) is 19.7. The molecule has 1 unspecified atom stereocenters. The zero-order chi connectivity index (χ0) is 23.6. The van der Waals surface area contributed by atoms with Crippen molar-refractivity contribution in [3.05, 3.63) is 65.7 Å². The van der Waals surface area contributed by atoms with Crippen LogP contribution in [-0.2, 0) is 27.3 Å². The third-order valence-corrected chi connectivity index (χ3v) is 4.70. The van der Waals surface area contributed by atoms with Gasteiger partial charge in [-0.15, -0.1) is 0 Å². The molecule has 0 spiro atoms. The number of hydrogen-bond donors (Lipinski definition) is 1. The zero-order valence-electron chi connectivity index (χ0n) is 19.7. The quantitative estimate of drug-likeness (QED) is 0.507. The number of nitrogens with one attached hydrogen (secondary N) is 1. The van der Waals surface area contributed by atoms with Gasteiger partial charge in [0.05, 0.1) is 12.5 Å². The maximum Gasteiger partial charge on any atom is 0.407 e. The first-order valence-corrected chi connectivity index (χ1v) is 11.1. The predicted octanol–water partition coefficient (Wildman–Crippen LogP) is 5.29. The minimum atomic E-state index is -0.598. The Hall–Kier alpha value is -3.02. The topological polar surface area (TPSA) is 73.9 Å². The van der Waals surface area contributed by atoms with Gasteiger partial charge in [-0.1, -0.05) is 49.4 Å². The fraction of sp³-hybridized carbons (Fsp3) is 0.462. The number of carbonyl (C=O) groups is 2. The Labute approximate surface area is 191 Å². The second-order valence-corrected chi connectivity index (χ2v) is 8.85. The lowest BCUT2D eigenvalue weighted by Gasteiger charge is -2.25. The second kappa shape index (κ2) is 12.1. The Balaban J connectivity index is 2.01. The van der Waals surface area contributed by atoms with Gasteiger partial charge in [-0.05, 0) is 63.8 Å². The molecule has 32 heavy (non-hydrogen) atoms. The van der Waals surface area contributed by atoms with Crippen LogP contribution in [0.3, 0.4) is 0 Å². The van der Waals surface area contributed by atoms with Gasteiger partial charge in [-0.3, -0.25) is 4.79 Å². The molecule has 1 amide bonds. The van der Waals surface area contributed by atoms with E-state index in [-0.39, 0.29) is 17.9 Å². The van der Waals surface area contributed by atoms with Crippen molar-refractivity contribution in [2.24, 2.45) is 5.92 Å². The van der Waals surface area contributed by atoms with Crippen LogP contribution in [0.4, 0.5) is 4.79 Å². The minimum Gasteiger partial charge on any atom is -0.489 e. The maximum absolute atomic E-state index is 12.3. The van der Waals surface area contributed by atoms with Gasteiger partial charge in [0.2, 0.25) is 0 Å². The Morgan fingerprint density at radius 3 is 2.22 bits per heavy atom. The molecular weight excluding hydrogens is 406 g/mol. The first-order chi connectivity index (χ1) is 15.2. The van der Waals surface area contributed by atoms with Crippen LogP contribution in [-0.4, -0.2) is 30.3 Å². The molecule has 0 aliphatic rings. The highest BCUT2D eigenvalue weighted by Gasteiger charge is 2.24. The van der Waals surface area contributed by atoms with E-state index >= 15 is 0 Å². The van der Waals surface area contributed by atoms with E-state index in [1.54, 1.807) is 6.92 Å². The van der Waals surface area contributed by atoms with E-state index in [0.29, 0.717) is 26.1 Å². The molecule has 0 saturated carbocycles. The van der Waals surface area contributed by atoms with E-state index in [2.05, 4.69) is 5.32 Å². The molecule has 2 aromatic carbocycles. The molecule has 174 valence electrons. The van der Waals surface area contributed by atoms with Gasteiger partial charge in [0.1, 0.15) is 18.0 Å². The van der Waals surface area contributed by atoms with Crippen molar-refractivity contribution >= 4 is 12.1 Å². The van der Waals surface area contributed by atoms with Gasteiger partial charge in [-0.25, -0.2) is 4.79 Å². The van der Waals surface area contributed by atoms with E-state index < -0.39 is 11.7 Å². The summed E-state index contributed by atoms with van der Waals surface area (Å²) in [6.07, 6.45) is 0.508. The highest BCUT2D eigenvalue weighted by atomic mass is 16.6. The summed E-state index contributed by atoms with van der Waals surface area (Å²) >= 11 is 0. The average molecular weight is 442 g/mol. The van der Waals surface area contributed by atoms with Crippen LogP contribution in [0, 0.1) is 5.92 Å². The largest absolute Gasteiger partial charge is 0.489 e. The molecule has 0 saturated heterocycles. The maximum atomic E-state index is 12.3. The van der Waals surface area contributed by atoms with E-state index in [9.17, 15) is 9.59 Å². The second-order valence-electron chi connectivity index (χ2n) is 8.85. The number of amides is 1. The number of ether oxygens (including phenoxy) is 3. The molecule has 0 fully saturated rings. The van der Waals surface area contributed by atoms with E-state index in [0.717, 1.165) is 16.9 Å².